The van der Waals surface area contributed by atoms with Gasteiger partial charge in [-0.3, -0.25) is 37.3 Å². The first kappa shape index (κ1) is 86.1. The Bertz CT molecular complexity index is 1760. The highest BCUT2D eigenvalue weighted by Gasteiger charge is 2.30. The minimum atomic E-state index is -4.95. The standard InChI is InChI=1S/C69H134O17P2/c1-9-59(5)45-37-29-21-15-13-14-16-25-35-43-51-68(73)85-64(55-79-66(71)49-41-33-24-19-17-22-30-38-46-60(6)10-2)57-83-87(75,76)81-53-63(70)54-82-88(77,78)84-58-65(56-80-67(72)50-42-34-28-27-32-40-48-62(8)12-4)86-69(74)52-44-36-26-20-18-23-31-39-47-61(7)11-3/h59-65,70H,9-58H2,1-8H3,(H,75,76)(H,77,78)/t59?,60?,61?,62?,63-,64-,65-/m1/s1. The van der Waals surface area contributed by atoms with E-state index in [1.807, 2.05) is 0 Å². The Balaban J connectivity index is 5.28. The molecule has 3 N–H and O–H groups in total. The number of ether oxygens (including phenoxy) is 4. The first-order valence-corrected chi connectivity index (χ1v) is 38.8. The smallest absolute Gasteiger partial charge is 0.462 e. The molecule has 522 valence electrons. The molecule has 0 heterocycles. The average Bonchev–Trinajstić information content (AvgIpc) is 3.59. The predicted octanol–water partition coefficient (Wildman–Crippen LogP) is 19.3. The fourth-order valence-electron chi connectivity index (χ4n) is 10.2. The third kappa shape index (κ3) is 57.9. The molecule has 17 nitrogen and oxygen atoms in total. The Morgan fingerprint density at radius 1 is 0.307 bits per heavy atom. The van der Waals surface area contributed by atoms with Crippen LogP contribution in [-0.4, -0.2) is 96.7 Å². The number of carbonyl (C=O) groups excluding carboxylic acids is 4. The largest absolute Gasteiger partial charge is 0.472 e. The van der Waals surface area contributed by atoms with Gasteiger partial charge >= 0.3 is 39.5 Å². The maximum Gasteiger partial charge on any atom is 0.472 e. The van der Waals surface area contributed by atoms with E-state index in [0.29, 0.717) is 25.7 Å². The summed E-state index contributed by atoms with van der Waals surface area (Å²) in [7, 11) is -9.90. The Morgan fingerprint density at radius 3 is 0.750 bits per heavy atom. The van der Waals surface area contributed by atoms with Gasteiger partial charge in [0.05, 0.1) is 26.4 Å². The molecule has 0 spiro atoms. The van der Waals surface area contributed by atoms with Crippen LogP contribution in [0.2, 0.25) is 0 Å². The van der Waals surface area contributed by atoms with Crippen molar-refractivity contribution in [3.8, 4) is 0 Å². The summed E-state index contributed by atoms with van der Waals surface area (Å²) in [6.07, 6.45) is 40.1. The van der Waals surface area contributed by atoms with Gasteiger partial charge in [-0.05, 0) is 49.4 Å². The van der Waals surface area contributed by atoms with E-state index in [4.69, 9.17) is 37.0 Å². The van der Waals surface area contributed by atoms with Crippen molar-refractivity contribution in [3.63, 3.8) is 0 Å². The topological polar surface area (TPSA) is 237 Å². The van der Waals surface area contributed by atoms with Gasteiger partial charge in [-0.2, -0.15) is 0 Å². The van der Waals surface area contributed by atoms with Gasteiger partial charge in [0.2, 0.25) is 0 Å². The van der Waals surface area contributed by atoms with E-state index in [2.05, 4.69) is 55.4 Å². The highest BCUT2D eigenvalue weighted by molar-refractivity contribution is 7.47. The molecule has 0 amide bonds. The molecular weight excluding hydrogens is 1160 g/mol. The van der Waals surface area contributed by atoms with Crippen LogP contribution in [0.25, 0.3) is 0 Å². The number of aliphatic hydroxyl groups excluding tert-OH is 1. The number of hydrogen-bond acceptors (Lipinski definition) is 15. The van der Waals surface area contributed by atoms with Crippen LogP contribution in [0.1, 0.15) is 338 Å². The van der Waals surface area contributed by atoms with Crippen molar-refractivity contribution in [3.05, 3.63) is 0 Å². The molecule has 0 aliphatic rings. The Morgan fingerprint density at radius 2 is 0.511 bits per heavy atom. The molecule has 6 unspecified atom stereocenters. The van der Waals surface area contributed by atoms with Gasteiger partial charge in [0.25, 0.3) is 0 Å². The Kier molecular flexibility index (Phi) is 57.6. The fraction of sp³-hybridized carbons (Fsp3) is 0.942. The molecule has 0 fully saturated rings. The minimum Gasteiger partial charge on any atom is -0.462 e. The van der Waals surface area contributed by atoms with Gasteiger partial charge in [0.15, 0.2) is 12.2 Å². The number of phosphoric ester groups is 2. The number of unbranched alkanes of at least 4 members (excludes halogenated alkanes) is 28. The van der Waals surface area contributed by atoms with Crippen LogP contribution in [-0.2, 0) is 65.4 Å². The van der Waals surface area contributed by atoms with Crippen LogP contribution < -0.4 is 0 Å². The third-order valence-corrected chi connectivity index (χ3v) is 19.2. The van der Waals surface area contributed by atoms with E-state index in [9.17, 15) is 43.2 Å². The van der Waals surface area contributed by atoms with E-state index >= 15 is 0 Å². The van der Waals surface area contributed by atoms with E-state index < -0.39 is 97.5 Å². The molecule has 0 aromatic carbocycles. The Labute approximate surface area is 537 Å². The second-order valence-corrected chi connectivity index (χ2v) is 28.8. The molecule has 0 bridgehead atoms. The number of hydrogen-bond donors (Lipinski definition) is 3. The molecule has 19 heteroatoms. The number of aliphatic hydroxyl groups is 1. The van der Waals surface area contributed by atoms with Crippen molar-refractivity contribution in [2.45, 2.75) is 356 Å². The highest BCUT2D eigenvalue weighted by atomic mass is 31.2. The zero-order valence-electron chi connectivity index (χ0n) is 57.3. The minimum absolute atomic E-state index is 0.103. The molecule has 0 saturated heterocycles. The van der Waals surface area contributed by atoms with Crippen LogP contribution in [0, 0.1) is 23.7 Å². The normalized spacial score (nSPS) is 15.5. The molecule has 0 aliphatic carbocycles. The summed E-state index contributed by atoms with van der Waals surface area (Å²) in [4.78, 5) is 72.5. The lowest BCUT2D eigenvalue weighted by Crippen LogP contribution is -2.30. The lowest BCUT2D eigenvalue weighted by atomic mass is 9.99. The molecule has 0 aliphatic heterocycles. The molecular formula is C69H134O17P2. The summed E-state index contributed by atoms with van der Waals surface area (Å²) in [6.45, 7) is 14.1. The van der Waals surface area contributed by atoms with Crippen molar-refractivity contribution in [1.82, 2.24) is 0 Å². The van der Waals surface area contributed by atoms with E-state index in [1.54, 1.807) is 0 Å². The fourth-order valence-corrected chi connectivity index (χ4v) is 11.8. The number of rotatable bonds is 66. The first-order valence-electron chi connectivity index (χ1n) is 35.9. The van der Waals surface area contributed by atoms with Crippen molar-refractivity contribution < 1.29 is 80.2 Å². The lowest BCUT2D eigenvalue weighted by molar-refractivity contribution is -0.161. The maximum absolute atomic E-state index is 13.0. The second-order valence-electron chi connectivity index (χ2n) is 25.9. The van der Waals surface area contributed by atoms with Crippen molar-refractivity contribution >= 4 is 39.5 Å². The van der Waals surface area contributed by atoms with Crippen LogP contribution in [0.3, 0.4) is 0 Å². The van der Waals surface area contributed by atoms with Crippen molar-refractivity contribution in [1.29, 1.82) is 0 Å². The van der Waals surface area contributed by atoms with Crippen LogP contribution in [0.15, 0.2) is 0 Å². The molecule has 88 heavy (non-hydrogen) atoms. The summed E-state index contributed by atoms with van der Waals surface area (Å²) < 4.78 is 68.3. The van der Waals surface area contributed by atoms with E-state index in [-0.39, 0.29) is 25.7 Å². The summed E-state index contributed by atoms with van der Waals surface area (Å²) in [5.74, 6) is 0.948. The lowest BCUT2D eigenvalue weighted by Gasteiger charge is -2.21. The summed E-state index contributed by atoms with van der Waals surface area (Å²) in [6, 6.07) is 0. The second kappa shape index (κ2) is 58.8. The number of phosphoric acid groups is 2. The van der Waals surface area contributed by atoms with Crippen LogP contribution in [0.4, 0.5) is 0 Å². The number of carbonyl (C=O) groups is 4. The molecule has 0 saturated carbocycles. The van der Waals surface area contributed by atoms with Gasteiger partial charge in [0, 0.05) is 25.7 Å². The average molecular weight is 1300 g/mol. The van der Waals surface area contributed by atoms with Crippen molar-refractivity contribution in [2.75, 3.05) is 39.6 Å². The third-order valence-electron chi connectivity index (χ3n) is 17.3. The molecule has 9 atom stereocenters. The summed E-state index contributed by atoms with van der Waals surface area (Å²) in [5, 5.41) is 10.6. The van der Waals surface area contributed by atoms with Crippen LogP contribution in [0.5, 0.6) is 0 Å². The summed E-state index contributed by atoms with van der Waals surface area (Å²) in [5.41, 5.74) is 0. The highest BCUT2D eigenvalue weighted by Crippen LogP contribution is 2.45. The molecule has 0 rings (SSSR count). The van der Waals surface area contributed by atoms with E-state index in [1.165, 1.54) is 135 Å². The van der Waals surface area contributed by atoms with E-state index in [0.717, 1.165) is 120 Å². The van der Waals surface area contributed by atoms with Crippen LogP contribution >= 0.6 is 15.6 Å². The SMILES string of the molecule is CCC(C)CCCCCCCCCCCCC(=O)O[C@H](COC(=O)CCCCCCCCCCC(C)CC)COP(=O)(O)OC[C@@H](O)COP(=O)(O)OC[C@@H](COC(=O)CCCCCCCCC(C)CC)OC(=O)CCCCCCCCCCC(C)CC. The summed E-state index contributed by atoms with van der Waals surface area (Å²) >= 11 is 0. The zero-order chi connectivity index (χ0) is 65.4. The monoisotopic (exact) mass is 1300 g/mol. The van der Waals surface area contributed by atoms with Gasteiger partial charge < -0.3 is 33.8 Å². The quantitative estimate of drug-likeness (QED) is 0.0222. The van der Waals surface area contributed by atoms with Gasteiger partial charge in [-0.25, -0.2) is 9.13 Å². The number of esters is 4. The predicted molar refractivity (Wildman–Crippen MR) is 354 cm³/mol. The Hall–Kier alpha value is -1.94. The molecule has 0 aromatic heterocycles. The first-order chi connectivity index (χ1) is 42.2. The van der Waals surface area contributed by atoms with Crippen molar-refractivity contribution in [2.24, 2.45) is 23.7 Å². The van der Waals surface area contributed by atoms with Gasteiger partial charge in [0.1, 0.15) is 19.3 Å². The zero-order valence-corrected chi connectivity index (χ0v) is 59.1. The van der Waals surface area contributed by atoms with Gasteiger partial charge in [-0.1, -0.05) is 287 Å². The van der Waals surface area contributed by atoms with Gasteiger partial charge in [-0.15, -0.1) is 0 Å². The molecule has 0 aromatic rings. The molecule has 0 radical (unpaired) electrons. The maximum atomic E-state index is 13.0.